The predicted octanol–water partition coefficient (Wildman–Crippen LogP) is 6.59. The van der Waals surface area contributed by atoms with E-state index in [1.165, 1.54) is 18.2 Å². The number of amides is 1. The highest BCUT2D eigenvalue weighted by molar-refractivity contribution is 6.32. The summed E-state index contributed by atoms with van der Waals surface area (Å²) < 4.78 is 50.0. The van der Waals surface area contributed by atoms with Gasteiger partial charge in [-0.05, 0) is 55.5 Å². The first-order valence-electron chi connectivity index (χ1n) is 9.39. The minimum atomic E-state index is -4.50. The molecular weight excluding hydrogens is 431 g/mol. The van der Waals surface area contributed by atoms with E-state index in [1.54, 1.807) is 36.4 Å². The van der Waals surface area contributed by atoms with Gasteiger partial charge >= 0.3 is 6.18 Å². The van der Waals surface area contributed by atoms with Gasteiger partial charge in [0.05, 0.1) is 17.2 Å². The lowest BCUT2D eigenvalue weighted by molar-refractivity contribution is -0.137. The second-order valence-corrected chi connectivity index (χ2v) is 6.91. The molecule has 0 spiro atoms. The van der Waals surface area contributed by atoms with Crippen LogP contribution in [0, 0.1) is 0 Å². The number of ether oxygens (including phenoxy) is 2. The summed E-state index contributed by atoms with van der Waals surface area (Å²) >= 11 is 6.11. The Kier molecular flexibility index (Phi) is 7.07. The summed E-state index contributed by atoms with van der Waals surface area (Å²) in [6.07, 6.45) is -4.50. The fourth-order valence-corrected chi connectivity index (χ4v) is 3.01. The van der Waals surface area contributed by atoms with E-state index in [0.717, 1.165) is 12.1 Å². The Morgan fingerprint density at radius 2 is 1.74 bits per heavy atom. The molecular formula is C23H19ClF3NO3. The number of rotatable bonds is 7. The number of nitrogens with one attached hydrogen (secondary N) is 1. The zero-order valence-corrected chi connectivity index (χ0v) is 17.3. The predicted molar refractivity (Wildman–Crippen MR) is 113 cm³/mol. The maximum atomic E-state index is 12.9. The van der Waals surface area contributed by atoms with Gasteiger partial charge in [0.2, 0.25) is 0 Å². The van der Waals surface area contributed by atoms with Gasteiger partial charge < -0.3 is 14.8 Å². The average molecular weight is 450 g/mol. The van der Waals surface area contributed by atoms with Gasteiger partial charge in [-0.3, -0.25) is 4.79 Å². The summed E-state index contributed by atoms with van der Waals surface area (Å²) in [6.45, 7) is 2.32. The van der Waals surface area contributed by atoms with E-state index in [1.807, 2.05) is 6.92 Å². The maximum absolute atomic E-state index is 12.9. The number of hydrogen-bond donors (Lipinski definition) is 1. The molecule has 3 rings (SSSR count). The fourth-order valence-electron chi connectivity index (χ4n) is 2.82. The third kappa shape index (κ3) is 5.92. The highest BCUT2D eigenvalue weighted by Gasteiger charge is 2.30. The molecule has 0 saturated heterocycles. The summed E-state index contributed by atoms with van der Waals surface area (Å²) in [4.78, 5) is 12.6. The van der Waals surface area contributed by atoms with Crippen molar-refractivity contribution in [2.24, 2.45) is 0 Å². The van der Waals surface area contributed by atoms with Crippen LogP contribution in [0.5, 0.6) is 11.5 Å². The van der Waals surface area contributed by atoms with E-state index in [4.69, 9.17) is 21.1 Å². The fraction of sp³-hybridized carbons (Fsp3) is 0.174. The molecule has 0 bridgehead atoms. The number of hydrogen-bond acceptors (Lipinski definition) is 3. The molecule has 8 heteroatoms. The van der Waals surface area contributed by atoms with Gasteiger partial charge in [-0.1, -0.05) is 29.8 Å². The van der Waals surface area contributed by atoms with E-state index in [-0.39, 0.29) is 17.9 Å². The number of carbonyl (C=O) groups is 1. The molecule has 0 heterocycles. The van der Waals surface area contributed by atoms with Crippen molar-refractivity contribution < 1.29 is 27.4 Å². The third-order valence-corrected chi connectivity index (χ3v) is 4.60. The minimum absolute atomic E-state index is 0.0441. The molecule has 0 aromatic heterocycles. The second kappa shape index (κ2) is 9.75. The number of halogens is 4. The van der Waals surface area contributed by atoms with Crippen LogP contribution < -0.4 is 14.8 Å². The molecule has 1 amide bonds. The Morgan fingerprint density at radius 3 is 2.45 bits per heavy atom. The molecule has 0 radical (unpaired) electrons. The molecule has 0 aliphatic carbocycles. The highest BCUT2D eigenvalue weighted by atomic mass is 35.5. The smallest absolute Gasteiger partial charge is 0.416 e. The average Bonchev–Trinajstić information content (AvgIpc) is 2.73. The highest BCUT2D eigenvalue weighted by Crippen LogP contribution is 2.31. The first kappa shape index (κ1) is 22.5. The van der Waals surface area contributed by atoms with Crippen molar-refractivity contribution in [3.63, 3.8) is 0 Å². The molecule has 0 fully saturated rings. The van der Waals surface area contributed by atoms with Gasteiger partial charge in [0, 0.05) is 16.8 Å². The number of anilines is 1. The Morgan fingerprint density at radius 1 is 0.968 bits per heavy atom. The van der Waals surface area contributed by atoms with Crippen LogP contribution in [-0.2, 0) is 12.8 Å². The molecule has 0 saturated carbocycles. The van der Waals surface area contributed by atoms with E-state index >= 15 is 0 Å². The zero-order valence-electron chi connectivity index (χ0n) is 16.5. The minimum Gasteiger partial charge on any atom is -0.493 e. The number of benzene rings is 3. The monoisotopic (exact) mass is 449 g/mol. The summed E-state index contributed by atoms with van der Waals surface area (Å²) in [5.41, 5.74) is 0.0467. The van der Waals surface area contributed by atoms with Crippen molar-refractivity contribution >= 4 is 23.2 Å². The number of alkyl halides is 3. The molecule has 162 valence electrons. The van der Waals surface area contributed by atoms with Gasteiger partial charge in [-0.15, -0.1) is 0 Å². The molecule has 31 heavy (non-hydrogen) atoms. The lowest BCUT2D eigenvalue weighted by Gasteiger charge is -2.14. The first-order chi connectivity index (χ1) is 14.8. The topological polar surface area (TPSA) is 47.6 Å². The lowest BCUT2D eigenvalue weighted by atomic mass is 10.1. The van der Waals surface area contributed by atoms with Crippen molar-refractivity contribution in [1.82, 2.24) is 0 Å². The van der Waals surface area contributed by atoms with Crippen LogP contribution in [0.3, 0.4) is 0 Å². The quantitative estimate of drug-likeness (QED) is 0.442. The molecule has 3 aromatic rings. The van der Waals surface area contributed by atoms with Gasteiger partial charge in [0.25, 0.3) is 5.91 Å². The SMILES string of the molecule is CCOc1ccc(C(=O)Nc2cccc(C(F)(F)F)c2)cc1COc1ccccc1Cl. The molecule has 4 nitrogen and oxygen atoms in total. The van der Waals surface area contributed by atoms with Crippen molar-refractivity contribution in [2.45, 2.75) is 19.7 Å². The summed E-state index contributed by atoms with van der Waals surface area (Å²) in [6, 6.07) is 16.1. The number of carbonyl (C=O) groups excluding carboxylic acids is 1. The van der Waals surface area contributed by atoms with Crippen LogP contribution in [0.2, 0.25) is 5.02 Å². The van der Waals surface area contributed by atoms with Gasteiger partial charge in [-0.25, -0.2) is 0 Å². The van der Waals surface area contributed by atoms with Gasteiger partial charge in [0.15, 0.2) is 0 Å². The molecule has 0 aliphatic heterocycles. The molecule has 0 atom stereocenters. The summed E-state index contributed by atoms with van der Waals surface area (Å²) in [7, 11) is 0. The van der Waals surface area contributed by atoms with Crippen molar-refractivity contribution in [1.29, 1.82) is 0 Å². The first-order valence-corrected chi connectivity index (χ1v) is 9.77. The maximum Gasteiger partial charge on any atom is 0.416 e. The molecule has 3 aromatic carbocycles. The summed E-state index contributed by atoms with van der Waals surface area (Å²) in [5, 5.41) is 2.93. The Hall–Kier alpha value is -3.19. The van der Waals surface area contributed by atoms with E-state index < -0.39 is 17.6 Å². The Balaban J connectivity index is 1.80. The standard InChI is InChI=1S/C23H19ClF3NO3/c1-2-30-20-11-10-15(12-16(20)14-31-21-9-4-3-8-19(21)24)22(29)28-18-7-5-6-17(13-18)23(25,26)27/h3-13H,2,14H2,1H3,(H,28,29). The van der Waals surface area contributed by atoms with Gasteiger partial charge in [-0.2, -0.15) is 13.2 Å². The van der Waals surface area contributed by atoms with Crippen LogP contribution in [0.25, 0.3) is 0 Å². The molecule has 0 aliphatic rings. The normalized spacial score (nSPS) is 11.1. The van der Waals surface area contributed by atoms with Crippen LogP contribution in [0.15, 0.2) is 66.7 Å². The Labute approximate surface area is 182 Å². The van der Waals surface area contributed by atoms with Crippen molar-refractivity contribution in [2.75, 3.05) is 11.9 Å². The third-order valence-electron chi connectivity index (χ3n) is 4.29. The van der Waals surface area contributed by atoms with Crippen LogP contribution >= 0.6 is 11.6 Å². The Bertz CT molecular complexity index is 1070. The largest absolute Gasteiger partial charge is 0.493 e. The van der Waals surface area contributed by atoms with E-state index in [9.17, 15) is 18.0 Å². The second-order valence-electron chi connectivity index (χ2n) is 6.51. The lowest BCUT2D eigenvalue weighted by Crippen LogP contribution is -2.14. The van der Waals surface area contributed by atoms with Gasteiger partial charge in [0.1, 0.15) is 18.1 Å². The van der Waals surface area contributed by atoms with Crippen molar-refractivity contribution in [3.8, 4) is 11.5 Å². The van der Waals surface area contributed by atoms with Crippen LogP contribution in [-0.4, -0.2) is 12.5 Å². The van der Waals surface area contributed by atoms with E-state index in [0.29, 0.717) is 28.7 Å². The zero-order chi connectivity index (χ0) is 22.4. The van der Waals surface area contributed by atoms with Crippen LogP contribution in [0.1, 0.15) is 28.4 Å². The summed E-state index contributed by atoms with van der Waals surface area (Å²) in [5.74, 6) is 0.456. The molecule has 1 N–H and O–H groups in total. The van der Waals surface area contributed by atoms with Crippen LogP contribution in [0.4, 0.5) is 18.9 Å². The van der Waals surface area contributed by atoms with E-state index in [2.05, 4.69) is 5.32 Å². The molecule has 0 unspecified atom stereocenters. The number of para-hydroxylation sites is 1. The van der Waals surface area contributed by atoms with Crippen molar-refractivity contribution in [3.05, 3.63) is 88.4 Å².